The van der Waals surface area contributed by atoms with Gasteiger partial charge < -0.3 is 9.72 Å². The molecule has 0 radical (unpaired) electrons. The van der Waals surface area contributed by atoms with Gasteiger partial charge in [-0.2, -0.15) is 0 Å². The first kappa shape index (κ1) is 18.8. The first-order chi connectivity index (χ1) is 13.4. The van der Waals surface area contributed by atoms with E-state index < -0.39 is 17.9 Å². The monoisotopic (exact) mass is 400 g/mol. The molecule has 1 aliphatic carbocycles. The molecule has 0 amide bonds. The molecule has 4 rings (SSSR count). The lowest BCUT2D eigenvalue weighted by molar-refractivity contribution is -0.148. The van der Waals surface area contributed by atoms with Gasteiger partial charge in [0.05, 0.1) is 11.8 Å². The zero-order chi connectivity index (χ0) is 19.8. The second-order valence-electron chi connectivity index (χ2n) is 7.38. The molecule has 3 aromatic rings. The molecule has 0 fully saturated rings. The Morgan fingerprint density at radius 1 is 1.43 bits per heavy atom. The van der Waals surface area contributed by atoms with Gasteiger partial charge in [-0.15, -0.1) is 11.3 Å². The fourth-order valence-electron chi connectivity index (χ4n) is 3.65. The Labute approximate surface area is 165 Å². The van der Waals surface area contributed by atoms with E-state index in [2.05, 4.69) is 16.9 Å². The van der Waals surface area contributed by atoms with Gasteiger partial charge in [-0.1, -0.05) is 25.1 Å². The molecule has 0 saturated heterocycles. The summed E-state index contributed by atoms with van der Waals surface area (Å²) in [7, 11) is 0. The Kier molecular flexibility index (Phi) is 5.02. The molecule has 1 aliphatic rings. The summed E-state index contributed by atoms with van der Waals surface area (Å²) in [6.45, 7) is 3.87. The van der Waals surface area contributed by atoms with Crippen molar-refractivity contribution in [2.45, 2.75) is 45.6 Å². The highest BCUT2D eigenvalue weighted by Gasteiger charge is 2.24. The number of carbonyl (C=O) groups excluding carboxylic acids is 1. The molecule has 0 spiro atoms. The number of benzene rings is 1. The molecule has 0 aliphatic heterocycles. The topological polar surface area (TPSA) is 72.0 Å². The SMILES string of the molecule is C[C@@H]1CCc2c(sc3nc([C@@H](C)OC(=O)Cc4ccccc4F)[nH]c(=O)c23)C1. The number of aryl methyl sites for hydroxylation is 1. The second kappa shape index (κ2) is 7.47. The van der Waals surface area contributed by atoms with Gasteiger partial charge in [0.25, 0.3) is 5.56 Å². The van der Waals surface area contributed by atoms with E-state index in [4.69, 9.17) is 4.74 Å². The number of hydrogen-bond donors (Lipinski definition) is 1. The smallest absolute Gasteiger partial charge is 0.311 e. The maximum Gasteiger partial charge on any atom is 0.311 e. The quantitative estimate of drug-likeness (QED) is 0.670. The van der Waals surface area contributed by atoms with E-state index in [1.54, 1.807) is 36.5 Å². The fraction of sp³-hybridized carbons (Fsp3) is 0.381. The van der Waals surface area contributed by atoms with Crippen LogP contribution in [0.1, 0.15) is 48.2 Å². The van der Waals surface area contributed by atoms with Crippen LogP contribution in [0.5, 0.6) is 0 Å². The highest BCUT2D eigenvalue weighted by molar-refractivity contribution is 7.18. The molecule has 0 bridgehead atoms. The number of carbonyl (C=O) groups is 1. The molecule has 146 valence electrons. The Morgan fingerprint density at radius 2 is 2.21 bits per heavy atom. The van der Waals surface area contributed by atoms with Gasteiger partial charge in [0, 0.05) is 4.88 Å². The average Bonchev–Trinajstić information content (AvgIpc) is 3.01. The van der Waals surface area contributed by atoms with Crippen molar-refractivity contribution in [2.75, 3.05) is 0 Å². The van der Waals surface area contributed by atoms with Crippen LogP contribution in [0.2, 0.25) is 0 Å². The number of aromatic nitrogens is 2. The number of halogens is 1. The third-order valence-electron chi connectivity index (χ3n) is 5.17. The predicted molar refractivity (Wildman–Crippen MR) is 106 cm³/mol. The number of hydrogen-bond acceptors (Lipinski definition) is 5. The summed E-state index contributed by atoms with van der Waals surface area (Å²) in [4.78, 5) is 34.1. The number of nitrogens with one attached hydrogen (secondary N) is 1. The predicted octanol–water partition coefficient (Wildman–Crippen LogP) is 4.10. The van der Waals surface area contributed by atoms with Crippen molar-refractivity contribution in [2.24, 2.45) is 5.92 Å². The number of ether oxygens (including phenoxy) is 1. The van der Waals surface area contributed by atoms with Crippen LogP contribution < -0.4 is 5.56 Å². The number of esters is 1. The van der Waals surface area contributed by atoms with Crippen LogP contribution in [-0.2, 0) is 28.8 Å². The minimum atomic E-state index is -0.727. The zero-order valence-corrected chi connectivity index (χ0v) is 16.6. The van der Waals surface area contributed by atoms with Crippen LogP contribution in [0, 0.1) is 11.7 Å². The summed E-state index contributed by atoms with van der Waals surface area (Å²) >= 11 is 1.55. The van der Waals surface area contributed by atoms with Gasteiger partial charge in [-0.25, -0.2) is 9.37 Å². The minimum absolute atomic E-state index is 0.172. The highest BCUT2D eigenvalue weighted by Crippen LogP contribution is 2.36. The molecule has 28 heavy (non-hydrogen) atoms. The number of thiophene rings is 1. The van der Waals surface area contributed by atoms with Crippen molar-refractivity contribution < 1.29 is 13.9 Å². The van der Waals surface area contributed by atoms with E-state index in [1.165, 1.54) is 10.9 Å². The summed E-state index contributed by atoms with van der Waals surface area (Å²) in [6.07, 6.45) is 2.04. The van der Waals surface area contributed by atoms with E-state index in [0.717, 1.165) is 24.8 Å². The van der Waals surface area contributed by atoms with Gasteiger partial charge >= 0.3 is 5.97 Å². The summed E-state index contributed by atoms with van der Waals surface area (Å²) in [5, 5.41) is 0.667. The molecule has 2 aromatic heterocycles. The van der Waals surface area contributed by atoms with Crippen molar-refractivity contribution in [1.82, 2.24) is 9.97 Å². The lowest BCUT2D eigenvalue weighted by atomic mass is 9.89. The number of H-pyrrole nitrogens is 1. The van der Waals surface area contributed by atoms with Gasteiger partial charge in [0.1, 0.15) is 10.6 Å². The fourth-order valence-corrected chi connectivity index (χ4v) is 5.04. The van der Waals surface area contributed by atoms with Gasteiger partial charge in [-0.3, -0.25) is 9.59 Å². The van der Waals surface area contributed by atoms with Crippen LogP contribution >= 0.6 is 11.3 Å². The Bertz CT molecular complexity index is 1100. The lowest BCUT2D eigenvalue weighted by Gasteiger charge is -2.17. The molecule has 1 N–H and O–H groups in total. The van der Waals surface area contributed by atoms with Gasteiger partial charge in [0.2, 0.25) is 0 Å². The van der Waals surface area contributed by atoms with Crippen molar-refractivity contribution in [3.8, 4) is 0 Å². The maximum atomic E-state index is 13.7. The molecule has 7 heteroatoms. The van der Waals surface area contributed by atoms with Crippen molar-refractivity contribution >= 4 is 27.5 Å². The normalized spacial score (nSPS) is 17.3. The maximum absolute atomic E-state index is 13.7. The Morgan fingerprint density at radius 3 is 3.00 bits per heavy atom. The lowest BCUT2D eigenvalue weighted by Crippen LogP contribution is -2.19. The second-order valence-corrected chi connectivity index (χ2v) is 8.47. The van der Waals surface area contributed by atoms with E-state index in [0.29, 0.717) is 22.0 Å². The zero-order valence-electron chi connectivity index (χ0n) is 15.8. The van der Waals surface area contributed by atoms with Crippen LogP contribution in [0.4, 0.5) is 4.39 Å². The molecule has 2 atom stereocenters. The summed E-state index contributed by atoms with van der Waals surface area (Å²) in [5.74, 6) is -0.0958. The van der Waals surface area contributed by atoms with Crippen LogP contribution in [0.15, 0.2) is 29.1 Å². The highest BCUT2D eigenvalue weighted by atomic mass is 32.1. The Hall–Kier alpha value is -2.54. The third-order valence-corrected chi connectivity index (χ3v) is 6.32. The number of rotatable bonds is 4. The summed E-state index contributed by atoms with van der Waals surface area (Å²) < 4.78 is 19.1. The molecule has 0 unspecified atom stereocenters. The summed E-state index contributed by atoms with van der Waals surface area (Å²) in [5.41, 5.74) is 1.20. The van der Waals surface area contributed by atoms with E-state index >= 15 is 0 Å². The number of aromatic amines is 1. The summed E-state index contributed by atoms with van der Waals surface area (Å²) in [6, 6.07) is 6.09. The van der Waals surface area contributed by atoms with Crippen LogP contribution in [0.25, 0.3) is 10.2 Å². The molecular weight excluding hydrogens is 379 g/mol. The molecule has 1 aromatic carbocycles. The van der Waals surface area contributed by atoms with Gasteiger partial charge in [0.15, 0.2) is 11.9 Å². The van der Waals surface area contributed by atoms with E-state index in [9.17, 15) is 14.0 Å². The number of fused-ring (bicyclic) bond motifs is 3. The standard InChI is InChI=1S/C21H21FN2O3S/c1-11-7-8-14-16(9-11)28-21-18(14)20(26)23-19(24-21)12(2)27-17(25)10-13-5-3-4-6-15(13)22/h3-6,11-12H,7-10H2,1-2H3,(H,23,24,26)/t11-,12-/m1/s1. The van der Waals surface area contributed by atoms with Crippen molar-refractivity contribution in [3.05, 3.63) is 62.3 Å². The average molecular weight is 400 g/mol. The first-order valence-electron chi connectivity index (χ1n) is 9.39. The van der Waals surface area contributed by atoms with E-state index in [-0.39, 0.29) is 17.5 Å². The van der Waals surface area contributed by atoms with Crippen molar-refractivity contribution in [1.29, 1.82) is 0 Å². The first-order valence-corrected chi connectivity index (χ1v) is 10.2. The molecule has 2 heterocycles. The molecular formula is C21H21FN2O3S. The largest absolute Gasteiger partial charge is 0.454 e. The number of nitrogens with zero attached hydrogens (tertiary/aromatic N) is 1. The Balaban J connectivity index is 1.56. The van der Waals surface area contributed by atoms with Crippen LogP contribution in [-0.4, -0.2) is 15.9 Å². The van der Waals surface area contributed by atoms with E-state index in [1.807, 2.05) is 0 Å². The third kappa shape index (κ3) is 3.58. The molecule has 0 saturated carbocycles. The minimum Gasteiger partial charge on any atom is -0.454 e. The van der Waals surface area contributed by atoms with Crippen molar-refractivity contribution in [3.63, 3.8) is 0 Å². The van der Waals surface area contributed by atoms with Gasteiger partial charge in [-0.05, 0) is 49.3 Å². The van der Waals surface area contributed by atoms with Crippen LogP contribution in [0.3, 0.4) is 0 Å². The molecule has 5 nitrogen and oxygen atoms in total.